The van der Waals surface area contributed by atoms with E-state index in [4.69, 9.17) is 11.5 Å². The second kappa shape index (κ2) is 19.0. The minimum atomic E-state index is -1.16. The van der Waals surface area contributed by atoms with Crippen molar-refractivity contribution in [3.63, 3.8) is 0 Å². The van der Waals surface area contributed by atoms with Gasteiger partial charge in [0.15, 0.2) is 0 Å². The molecule has 12 nitrogen and oxygen atoms in total. The van der Waals surface area contributed by atoms with Crippen molar-refractivity contribution >= 4 is 29.6 Å². The van der Waals surface area contributed by atoms with Gasteiger partial charge < -0.3 is 37.8 Å². The summed E-state index contributed by atoms with van der Waals surface area (Å²) in [6.07, 6.45) is 1.46. The summed E-state index contributed by atoms with van der Waals surface area (Å²) in [7, 11) is 0. The number of hydrogen-bond acceptors (Lipinski definition) is 7. The van der Waals surface area contributed by atoms with Crippen LogP contribution in [0.5, 0.6) is 0 Å². The van der Waals surface area contributed by atoms with Crippen molar-refractivity contribution < 1.29 is 29.1 Å². The zero-order chi connectivity index (χ0) is 33.6. The van der Waals surface area contributed by atoms with Gasteiger partial charge in [0.2, 0.25) is 23.6 Å². The highest BCUT2D eigenvalue weighted by Gasteiger charge is 2.33. The predicted molar refractivity (Wildman–Crippen MR) is 170 cm³/mol. The molecule has 0 radical (unpaired) electrons. The Labute approximate surface area is 261 Å². The quantitative estimate of drug-likeness (QED) is 0.121. The Kier molecular flexibility index (Phi) is 16.6. The highest BCUT2D eigenvalue weighted by molar-refractivity contribution is 5.91. The van der Waals surface area contributed by atoms with Gasteiger partial charge in [-0.15, -0.1) is 0 Å². The standard InChI is InChI=1S/C32H54N6O6/c1-8-20(7)28(31(42)38-27(19(5)6)32(43)44)37-26(39)17-22(33)25(16-21-13-11-10-12-14-21)36-30(41)24(9-2)35-29(40)23(34)15-18(3)4/h10-14,18-20,22-25,27-28H,8-9,15-17,33-34H2,1-7H3,(H,35,40)(H,36,41)(H,37,39)(H,38,42)(H,43,44)/t20-,22-,23-,24-,25-,27-,28-/m0/s1. The molecular formula is C32H54N6O6. The van der Waals surface area contributed by atoms with Crippen LogP contribution < -0.4 is 32.7 Å². The van der Waals surface area contributed by atoms with Gasteiger partial charge in [-0.3, -0.25) is 19.2 Å². The third-order valence-electron chi connectivity index (χ3n) is 7.71. The van der Waals surface area contributed by atoms with Gasteiger partial charge in [-0.2, -0.15) is 0 Å². The highest BCUT2D eigenvalue weighted by atomic mass is 16.4. The first-order chi connectivity index (χ1) is 20.6. The molecular weight excluding hydrogens is 564 g/mol. The molecule has 0 heterocycles. The Hall–Kier alpha value is -3.51. The lowest BCUT2D eigenvalue weighted by atomic mass is 9.94. The fourth-order valence-electron chi connectivity index (χ4n) is 4.75. The summed E-state index contributed by atoms with van der Waals surface area (Å²) >= 11 is 0. The molecule has 1 aromatic carbocycles. The van der Waals surface area contributed by atoms with Crippen LogP contribution in [0, 0.1) is 17.8 Å². The number of carbonyl (C=O) groups is 5. The SMILES string of the molecule is CC[C@H](NC(=O)[C@@H](N)CC(C)C)C(=O)N[C@@H](Cc1ccccc1)[C@@H](N)CC(=O)N[C@H](C(=O)N[C@H](C(=O)O)C(C)C)[C@@H](C)CC. The Morgan fingerprint density at radius 3 is 1.89 bits per heavy atom. The maximum absolute atomic E-state index is 13.3. The fourth-order valence-corrected chi connectivity index (χ4v) is 4.75. The van der Waals surface area contributed by atoms with Gasteiger partial charge in [0.25, 0.3) is 0 Å². The van der Waals surface area contributed by atoms with Crippen molar-refractivity contribution in [3.8, 4) is 0 Å². The zero-order valence-corrected chi connectivity index (χ0v) is 27.3. The van der Waals surface area contributed by atoms with E-state index in [1.165, 1.54) is 0 Å². The van der Waals surface area contributed by atoms with E-state index in [9.17, 15) is 29.1 Å². The monoisotopic (exact) mass is 618 g/mol. The molecule has 0 saturated heterocycles. The lowest BCUT2D eigenvalue weighted by Gasteiger charge is -2.29. The largest absolute Gasteiger partial charge is 0.480 e. The molecule has 0 fully saturated rings. The number of carbonyl (C=O) groups excluding carboxylic acids is 4. The van der Waals surface area contributed by atoms with E-state index in [-0.39, 0.29) is 24.2 Å². The number of rotatable bonds is 19. The van der Waals surface area contributed by atoms with Gasteiger partial charge in [0.1, 0.15) is 18.1 Å². The van der Waals surface area contributed by atoms with Crippen molar-refractivity contribution in [3.05, 3.63) is 35.9 Å². The summed E-state index contributed by atoms with van der Waals surface area (Å²) < 4.78 is 0. The molecule has 0 spiro atoms. The maximum Gasteiger partial charge on any atom is 0.326 e. The van der Waals surface area contributed by atoms with Crippen LogP contribution in [0.1, 0.15) is 79.7 Å². The number of amides is 4. The average molecular weight is 619 g/mol. The summed E-state index contributed by atoms with van der Waals surface area (Å²) in [4.78, 5) is 63.9. The number of nitrogens with one attached hydrogen (secondary N) is 4. The van der Waals surface area contributed by atoms with Crippen LogP contribution >= 0.6 is 0 Å². The summed E-state index contributed by atoms with van der Waals surface area (Å²) in [5.41, 5.74) is 13.4. The van der Waals surface area contributed by atoms with Gasteiger partial charge in [0, 0.05) is 18.5 Å². The van der Waals surface area contributed by atoms with E-state index >= 15 is 0 Å². The van der Waals surface area contributed by atoms with E-state index in [1.54, 1.807) is 27.7 Å². The summed E-state index contributed by atoms with van der Waals surface area (Å²) in [6.45, 7) is 12.7. The van der Waals surface area contributed by atoms with E-state index < -0.39 is 65.8 Å². The number of carboxylic acid groups (broad SMARTS) is 1. The van der Waals surface area contributed by atoms with Crippen LogP contribution in [0.15, 0.2) is 30.3 Å². The molecule has 9 N–H and O–H groups in total. The van der Waals surface area contributed by atoms with Gasteiger partial charge in [-0.25, -0.2) is 4.79 Å². The number of hydrogen-bond donors (Lipinski definition) is 7. The van der Waals surface area contributed by atoms with Crippen LogP contribution in [0.25, 0.3) is 0 Å². The van der Waals surface area contributed by atoms with Crippen LogP contribution in [0.3, 0.4) is 0 Å². The van der Waals surface area contributed by atoms with Gasteiger partial charge >= 0.3 is 5.97 Å². The molecule has 0 aromatic heterocycles. The molecule has 0 aliphatic carbocycles. The molecule has 1 rings (SSSR count). The molecule has 1 aromatic rings. The molecule has 0 bridgehead atoms. The van der Waals surface area contributed by atoms with Crippen molar-refractivity contribution in [2.24, 2.45) is 29.2 Å². The third kappa shape index (κ3) is 13.0. The predicted octanol–water partition coefficient (Wildman–Crippen LogP) is 1.46. The first kappa shape index (κ1) is 38.5. The number of benzene rings is 1. The lowest BCUT2D eigenvalue weighted by molar-refractivity contribution is -0.143. The van der Waals surface area contributed by atoms with Gasteiger partial charge in [-0.1, -0.05) is 85.2 Å². The van der Waals surface area contributed by atoms with E-state index in [2.05, 4.69) is 21.3 Å². The normalized spacial score (nSPS) is 16.2. The van der Waals surface area contributed by atoms with Crippen molar-refractivity contribution in [2.75, 3.05) is 0 Å². The van der Waals surface area contributed by atoms with Crippen LogP contribution in [0.2, 0.25) is 0 Å². The smallest absolute Gasteiger partial charge is 0.326 e. The van der Waals surface area contributed by atoms with Crippen LogP contribution in [-0.4, -0.2) is 71.0 Å². The van der Waals surface area contributed by atoms with Crippen LogP contribution in [-0.2, 0) is 30.4 Å². The van der Waals surface area contributed by atoms with E-state index in [0.717, 1.165) is 5.56 Å². The second-order valence-electron chi connectivity index (χ2n) is 12.4. The molecule has 7 atom stereocenters. The van der Waals surface area contributed by atoms with Crippen molar-refractivity contribution in [1.82, 2.24) is 21.3 Å². The third-order valence-corrected chi connectivity index (χ3v) is 7.71. The Bertz CT molecular complexity index is 1080. The van der Waals surface area contributed by atoms with Crippen molar-refractivity contribution in [1.29, 1.82) is 0 Å². The van der Waals surface area contributed by atoms with Crippen molar-refractivity contribution in [2.45, 2.75) is 117 Å². The first-order valence-electron chi connectivity index (χ1n) is 15.6. The average Bonchev–Trinajstić information content (AvgIpc) is 2.95. The number of carboxylic acids is 1. The van der Waals surface area contributed by atoms with Gasteiger partial charge in [0.05, 0.1) is 6.04 Å². The molecule has 44 heavy (non-hydrogen) atoms. The highest BCUT2D eigenvalue weighted by Crippen LogP contribution is 2.13. The van der Waals surface area contributed by atoms with E-state index in [0.29, 0.717) is 25.7 Å². The number of aliphatic carboxylic acids is 1. The molecule has 0 unspecified atom stereocenters. The Morgan fingerprint density at radius 1 is 0.773 bits per heavy atom. The molecule has 0 aliphatic rings. The number of nitrogens with two attached hydrogens (primary N) is 2. The molecule has 0 saturated carbocycles. The maximum atomic E-state index is 13.3. The minimum Gasteiger partial charge on any atom is -0.480 e. The summed E-state index contributed by atoms with van der Waals surface area (Å²) in [6, 6.07) is 4.14. The fraction of sp³-hybridized carbons (Fsp3) is 0.656. The Balaban J connectivity index is 3.09. The summed E-state index contributed by atoms with van der Waals surface area (Å²) in [5.74, 6) is -3.55. The minimum absolute atomic E-state index is 0.212. The lowest BCUT2D eigenvalue weighted by Crippen LogP contribution is -2.58. The second-order valence-corrected chi connectivity index (χ2v) is 12.4. The van der Waals surface area contributed by atoms with Crippen LogP contribution in [0.4, 0.5) is 0 Å². The summed E-state index contributed by atoms with van der Waals surface area (Å²) in [5, 5.41) is 20.4. The Morgan fingerprint density at radius 2 is 1.39 bits per heavy atom. The molecule has 0 aliphatic heterocycles. The molecule has 248 valence electrons. The topological polar surface area (TPSA) is 206 Å². The van der Waals surface area contributed by atoms with E-state index in [1.807, 2.05) is 51.1 Å². The first-order valence-corrected chi connectivity index (χ1v) is 15.6. The molecule has 4 amide bonds. The van der Waals surface area contributed by atoms with Gasteiger partial charge in [-0.05, 0) is 42.6 Å². The molecule has 12 heteroatoms. The zero-order valence-electron chi connectivity index (χ0n) is 27.3.